The second-order valence-corrected chi connectivity index (χ2v) is 1.53. The van der Waals surface area contributed by atoms with Crippen molar-refractivity contribution in [1.29, 1.82) is 0 Å². The van der Waals surface area contributed by atoms with E-state index in [0.717, 1.165) is 6.67 Å². The summed E-state index contributed by atoms with van der Waals surface area (Å²) < 4.78 is 0. The van der Waals surface area contributed by atoms with Crippen molar-refractivity contribution in [3.63, 3.8) is 0 Å². The highest BCUT2D eigenvalue weighted by atomic mass is 15.1. The van der Waals surface area contributed by atoms with Crippen molar-refractivity contribution in [3.8, 4) is 0 Å². The van der Waals surface area contributed by atoms with Crippen molar-refractivity contribution in [3.05, 3.63) is 0 Å². The summed E-state index contributed by atoms with van der Waals surface area (Å²) in [7, 11) is 0. The van der Waals surface area contributed by atoms with Crippen LogP contribution in [0, 0.1) is 0 Å². The van der Waals surface area contributed by atoms with Crippen LogP contribution in [0.2, 0.25) is 0 Å². The van der Waals surface area contributed by atoms with E-state index in [-0.39, 0.29) is 6.15 Å². The topological polar surface area (TPSA) is 54.6 Å². The number of hydrogen-bond acceptors (Lipinski definition) is 2. The molecular weight excluding hydrogens is 90.1 g/mol. The van der Waals surface area contributed by atoms with E-state index in [1.807, 2.05) is 0 Å². The Labute approximate surface area is 44.1 Å². The van der Waals surface area contributed by atoms with E-state index < -0.39 is 0 Å². The Bertz CT molecular complexity index is 22.4. The first kappa shape index (κ1) is 6.88. The second-order valence-electron chi connectivity index (χ2n) is 1.53. The highest BCUT2D eigenvalue weighted by molar-refractivity contribution is 4.54. The van der Waals surface area contributed by atoms with Gasteiger partial charge in [-0.15, -0.1) is 0 Å². The zero-order valence-corrected chi connectivity index (χ0v) is 4.28. The van der Waals surface area contributed by atoms with Gasteiger partial charge in [-0.2, -0.15) is 0 Å². The van der Waals surface area contributed by atoms with E-state index in [0.29, 0.717) is 0 Å². The van der Waals surface area contributed by atoms with Gasteiger partial charge in [0, 0.05) is 12.8 Å². The summed E-state index contributed by atoms with van der Waals surface area (Å²) in [4.78, 5) is 0. The molecule has 0 aromatic rings. The molecule has 2 N–H and O–H groups in total. The van der Waals surface area contributed by atoms with E-state index in [9.17, 15) is 0 Å². The van der Waals surface area contributed by atoms with Crippen molar-refractivity contribution in [2.24, 2.45) is 0 Å². The minimum atomic E-state index is 0. The highest BCUT2D eigenvalue weighted by Crippen LogP contribution is 1.75. The normalized spacial score (nSPS) is 20.6. The summed E-state index contributed by atoms with van der Waals surface area (Å²) >= 11 is 0. The maximum absolute atomic E-state index is 3.17. The Kier molecular flexibility index (Phi) is 3.98. The molecule has 0 aromatic heterocycles. The van der Waals surface area contributed by atoms with Gasteiger partial charge in [0.05, 0.1) is 0 Å². The Morgan fingerprint density at radius 2 is 1.57 bits per heavy atom. The number of nitrogens with one attached hydrogen (secondary N) is 2. The second kappa shape index (κ2) is 4.05. The van der Waals surface area contributed by atoms with E-state index in [4.69, 9.17) is 0 Å². The Hall–Kier alpha value is -0.120. The zero-order valence-electron chi connectivity index (χ0n) is 4.28. The summed E-state index contributed by atoms with van der Waals surface area (Å²) in [5.41, 5.74) is 0. The van der Waals surface area contributed by atoms with E-state index >= 15 is 0 Å². The summed E-state index contributed by atoms with van der Waals surface area (Å²) in [6.07, 6.45) is 1.28. The molecule has 1 aliphatic rings. The van der Waals surface area contributed by atoms with Gasteiger partial charge in [0.2, 0.25) is 0 Å². The minimum Gasteiger partial charge on any atom is -0.304 e. The predicted octanol–water partition coefficient (Wildman–Crippen LogP) is -0.954. The molecule has 0 atom stereocenters. The summed E-state index contributed by atoms with van der Waals surface area (Å²) in [6, 6.07) is 0. The van der Waals surface area contributed by atoms with Crippen molar-refractivity contribution >= 4 is 0 Å². The highest BCUT2D eigenvalue weighted by Gasteiger charge is 1.91. The average Bonchev–Trinajstić information content (AvgIpc) is 1.72. The molecule has 0 bridgehead atoms. The molecule has 0 aromatic carbocycles. The molecule has 0 amide bonds. The number of nitrogens with zero attached hydrogens (tertiary/aromatic N) is 1. The average molecular weight is 100 g/mol. The molecule has 41 valence electrons. The van der Waals surface area contributed by atoms with Crippen molar-refractivity contribution in [2.75, 3.05) is 19.8 Å². The molecule has 3 radical (unpaired) electrons. The molecule has 0 spiro atoms. The van der Waals surface area contributed by atoms with Gasteiger partial charge >= 0.3 is 0 Å². The summed E-state index contributed by atoms with van der Waals surface area (Å²) in [6.45, 7) is 3.38. The fourth-order valence-electron chi connectivity index (χ4n) is 0.604. The molecule has 1 rings (SSSR count). The first-order valence-corrected chi connectivity index (χ1v) is 2.41. The van der Waals surface area contributed by atoms with Gasteiger partial charge in [-0.05, 0) is 19.5 Å². The van der Waals surface area contributed by atoms with Crippen LogP contribution >= 0.6 is 0 Å². The lowest BCUT2D eigenvalue weighted by molar-refractivity contribution is 0.496. The van der Waals surface area contributed by atoms with E-state index in [1.165, 1.54) is 19.5 Å². The van der Waals surface area contributed by atoms with Crippen molar-refractivity contribution < 1.29 is 0 Å². The van der Waals surface area contributed by atoms with E-state index in [2.05, 4.69) is 10.6 Å². The lowest BCUT2D eigenvalue weighted by atomic mass is 10.4. The standard InChI is InChI=1S/C4H10N2.N/c1-2-5-4-6-3-1;/h5-6H,1-4H2;. The third kappa shape index (κ3) is 2.56. The molecule has 1 heterocycles. The van der Waals surface area contributed by atoms with Gasteiger partial charge < -0.3 is 10.6 Å². The molecular formula is C4H10N3. The van der Waals surface area contributed by atoms with Crippen LogP contribution < -0.4 is 16.8 Å². The van der Waals surface area contributed by atoms with Crippen molar-refractivity contribution in [2.45, 2.75) is 6.42 Å². The SMILES string of the molecule is C1CNCNC1.[N]. The van der Waals surface area contributed by atoms with Crippen molar-refractivity contribution in [1.82, 2.24) is 16.8 Å². The minimum absolute atomic E-state index is 0. The van der Waals surface area contributed by atoms with Gasteiger partial charge in [-0.3, -0.25) is 0 Å². The Morgan fingerprint density at radius 1 is 1.00 bits per heavy atom. The van der Waals surface area contributed by atoms with Gasteiger partial charge in [0.25, 0.3) is 0 Å². The molecule has 3 nitrogen and oxygen atoms in total. The lowest BCUT2D eigenvalue weighted by Gasteiger charge is -2.11. The van der Waals surface area contributed by atoms with E-state index in [1.54, 1.807) is 0 Å². The Balaban J connectivity index is 0.000000360. The quantitative estimate of drug-likeness (QED) is 0.412. The number of hydrogen-bond donors (Lipinski definition) is 2. The fraction of sp³-hybridized carbons (Fsp3) is 1.00. The molecule has 3 heteroatoms. The maximum Gasteiger partial charge on any atom is 0.0454 e. The summed E-state index contributed by atoms with van der Waals surface area (Å²) in [5, 5.41) is 6.35. The molecule has 0 saturated carbocycles. The van der Waals surface area contributed by atoms with Crippen LogP contribution in [-0.2, 0) is 0 Å². The molecule has 1 saturated heterocycles. The van der Waals surface area contributed by atoms with Gasteiger partial charge in [0.1, 0.15) is 0 Å². The summed E-state index contributed by atoms with van der Waals surface area (Å²) in [5.74, 6) is 0. The smallest absolute Gasteiger partial charge is 0.0454 e. The molecule has 0 aliphatic carbocycles. The molecule has 0 unspecified atom stereocenters. The lowest BCUT2D eigenvalue weighted by Crippen LogP contribution is -2.37. The van der Waals surface area contributed by atoms with Gasteiger partial charge in [-0.1, -0.05) is 0 Å². The third-order valence-electron chi connectivity index (χ3n) is 0.957. The molecule has 1 fully saturated rings. The van der Waals surface area contributed by atoms with Crippen LogP contribution in [0.1, 0.15) is 6.42 Å². The molecule has 7 heavy (non-hydrogen) atoms. The van der Waals surface area contributed by atoms with Crippen LogP contribution in [0.25, 0.3) is 0 Å². The monoisotopic (exact) mass is 100 g/mol. The first-order valence-electron chi connectivity index (χ1n) is 2.41. The van der Waals surface area contributed by atoms with Crippen LogP contribution in [0.5, 0.6) is 0 Å². The first-order chi connectivity index (χ1) is 3.00. The predicted molar refractivity (Wildman–Crippen MR) is 27.6 cm³/mol. The molecule has 1 aliphatic heterocycles. The maximum atomic E-state index is 3.17. The van der Waals surface area contributed by atoms with Crippen LogP contribution in [-0.4, -0.2) is 19.8 Å². The van der Waals surface area contributed by atoms with Crippen LogP contribution in [0.15, 0.2) is 0 Å². The third-order valence-corrected chi connectivity index (χ3v) is 0.957. The zero-order chi connectivity index (χ0) is 4.24. The Morgan fingerprint density at radius 3 is 1.71 bits per heavy atom. The largest absolute Gasteiger partial charge is 0.304 e. The van der Waals surface area contributed by atoms with Gasteiger partial charge in [0.15, 0.2) is 0 Å². The fourth-order valence-corrected chi connectivity index (χ4v) is 0.604. The van der Waals surface area contributed by atoms with Gasteiger partial charge in [-0.25, -0.2) is 0 Å². The van der Waals surface area contributed by atoms with Crippen LogP contribution in [0.4, 0.5) is 0 Å². The number of rotatable bonds is 0. The van der Waals surface area contributed by atoms with Crippen LogP contribution in [0.3, 0.4) is 0 Å².